The third kappa shape index (κ3) is 4.34. The normalized spacial score (nSPS) is 9.56. The fraction of sp³-hybridized carbons (Fsp3) is 0.385. The van der Waals surface area contributed by atoms with Crippen molar-refractivity contribution in [1.82, 2.24) is 0 Å². The highest BCUT2D eigenvalue weighted by Gasteiger charge is 2.06. The average molecular weight is 248 g/mol. The van der Waals surface area contributed by atoms with Crippen LogP contribution in [0.25, 0.3) is 0 Å². The maximum Gasteiger partial charge on any atom is 0.344 e. The Kier molecular flexibility index (Phi) is 5.52. The number of hydrogen-bond donors (Lipinski definition) is 1. The van der Waals surface area contributed by atoms with Gasteiger partial charge in [-0.15, -0.1) is 0 Å². The van der Waals surface area contributed by atoms with Gasteiger partial charge in [0.15, 0.2) is 6.61 Å². The number of rotatable bonds is 6. The first-order valence-corrected chi connectivity index (χ1v) is 5.75. The standard InChI is InChI=1S/C13H16N2O3/c1-2-3-6-17-13(16)9-18-12-5-4-10(8-14)7-11(12)15/h4-5,7H,2-3,6,9,15H2,1H3. The van der Waals surface area contributed by atoms with Gasteiger partial charge in [-0.3, -0.25) is 0 Å². The molecular formula is C13H16N2O3. The second-order valence-electron chi connectivity index (χ2n) is 3.73. The van der Waals surface area contributed by atoms with Crippen molar-refractivity contribution in [2.45, 2.75) is 19.8 Å². The van der Waals surface area contributed by atoms with Crippen molar-refractivity contribution in [2.75, 3.05) is 18.9 Å². The van der Waals surface area contributed by atoms with E-state index in [4.69, 9.17) is 20.5 Å². The number of anilines is 1. The maximum atomic E-state index is 11.3. The first kappa shape index (κ1) is 13.8. The number of nitrogens with two attached hydrogens (primary N) is 1. The highest BCUT2D eigenvalue weighted by molar-refractivity contribution is 5.71. The SMILES string of the molecule is CCCCOC(=O)COc1ccc(C#N)cc1N. The summed E-state index contributed by atoms with van der Waals surface area (Å²) >= 11 is 0. The lowest BCUT2D eigenvalue weighted by molar-refractivity contribution is -0.146. The summed E-state index contributed by atoms with van der Waals surface area (Å²) in [5, 5.41) is 8.67. The molecule has 0 heterocycles. The Morgan fingerprint density at radius 2 is 2.28 bits per heavy atom. The Morgan fingerprint density at radius 1 is 1.50 bits per heavy atom. The minimum atomic E-state index is -0.424. The number of esters is 1. The van der Waals surface area contributed by atoms with Crippen LogP contribution in [0.3, 0.4) is 0 Å². The van der Waals surface area contributed by atoms with Gasteiger partial charge in [0, 0.05) is 0 Å². The van der Waals surface area contributed by atoms with E-state index < -0.39 is 5.97 Å². The number of carbonyl (C=O) groups excluding carboxylic acids is 1. The smallest absolute Gasteiger partial charge is 0.344 e. The molecule has 0 unspecified atom stereocenters. The highest BCUT2D eigenvalue weighted by atomic mass is 16.6. The third-order valence-electron chi connectivity index (χ3n) is 2.25. The predicted octanol–water partition coefficient (Wildman–Crippen LogP) is 1.86. The van der Waals surface area contributed by atoms with E-state index in [0.29, 0.717) is 23.6 Å². The van der Waals surface area contributed by atoms with Crippen molar-refractivity contribution < 1.29 is 14.3 Å². The molecule has 1 aromatic carbocycles. The summed E-state index contributed by atoms with van der Waals surface area (Å²) in [5.74, 6) is -0.0475. The number of nitriles is 1. The van der Waals surface area contributed by atoms with Crippen LogP contribution in [-0.2, 0) is 9.53 Å². The summed E-state index contributed by atoms with van der Waals surface area (Å²) in [4.78, 5) is 11.3. The van der Waals surface area contributed by atoms with E-state index >= 15 is 0 Å². The van der Waals surface area contributed by atoms with E-state index in [9.17, 15) is 4.79 Å². The summed E-state index contributed by atoms with van der Waals surface area (Å²) in [5.41, 5.74) is 6.46. The molecule has 5 nitrogen and oxygen atoms in total. The van der Waals surface area contributed by atoms with Crippen LogP contribution in [0.15, 0.2) is 18.2 Å². The van der Waals surface area contributed by atoms with Crippen LogP contribution in [0.2, 0.25) is 0 Å². The van der Waals surface area contributed by atoms with Gasteiger partial charge in [-0.05, 0) is 24.6 Å². The van der Waals surface area contributed by atoms with Crippen molar-refractivity contribution in [3.05, 3.63) is 23.8 Å². The second kappa shape index (κ2) is 7.17. The van der Waals surface area contributed by atoms with Crippen LogP contribution >= 0.6 is 0 Å². The van der Waals surface area contributed by atoms with Crippen molar-refractivity contribution in [2.24, 2.45) is 0 Å². The third-order valence-corrected chi connectivity index (χ3v) is 2.25. The fourth-order valence-corrected chi connectivity index (χ4v) is 1.26. The molecule has 2 N–H and O–H groups in total. The Bertz CT molecular complexity index is 452. The number of nitrogen functional groups attached to an aromatic ring is 1. The summed E-state index contributed by atoms with van der Waals surface area (Å²) in [6.45, 7) is 2.24. The van der Waals surface area contributed by atoms with Gasteiger partial charge in [-0.1, -0.05) is 13.3 Å². The summed E-state index contributed by atoms with van der Waals surface area (Å²) in [6.07, 6.45) is 1.81. The van der Waals surface area contributed by atoms with Crippen LogP contribution in [0, 0.1) is 11.3 Å². The molecule has 0 saturated heterocycles. The second-order valence-corrected chi connectivity index (χ2v) is 3.73. The van der Waals surface area contributed by atoms with E-state index in [1.807, 2.05) is 13.0 Å². The van der Waals surface area contributed by atoms with Crippen LogP contribution in [0.1, 0.15) is 25.3 Å². The molecule has 0 bridgehead atoms. The summed E-state index contributed by atoms with van der Waals surface area (Å²) in [6, 6.07) is 6.60. The van der Waals surface area contributed by atoms with Gasteiger partial charge in [0.2, 0.25) is 0 Å². The highest BCUT2D eigenvalue weighted by Crippen LogP contribution is 2.22. The van der Waals surface area contributed by atoms with Crippen molar-refractivity contribution in [3.8, 4) is 11.8 Å². The van der Waals surface area contributed by atoms with Crippen LogP contribution in [0.5, 0.6) is 5.75 Å². The van der Waals surface area contributed by atoms with E-state index in [-0.39, 0.29) is 6.61 Å². The monoisotopic (exact) mass is 248 g/mol. The number of carbonyl (C=O) groups is 1. The lowest BCUT2D eigenvalue weighted by atomic mass is 10.2. The van der Waals surface area contributed by atoms with Gasteiger partial charge in [0.05, 0.1) is 23.9 Å². The zero-order valence-corrected chi connectivity index (χ0v) is 10.3. The molecule has 0 spiro atoms. The summed E-state index contributed by atoms with van der Waals surface area (Å²) < 4.78 is 10.2. The van der Waals surface area contributed by atoms with Crippen molar-refractivity contribution >= 4 is 11.7 Å². The largest absolute Gasteiger partial charge is 0.480 e. The minimum absolute atomic E-state index is 0.181. The molecule has 1 aromatic rings. The van der Waals surface area contributed by atoms with Crippen LogP contribution in [0.4, 0.5) is 5.69 Å². The van der Waals surface area contributed by atoms with Crippen LogP contribution < -0.4 is 10.5 Å². The topological polar surface area (TPSA) is 85.3 Å². The zero-order chi connectivity index (χ0) is 13.4. The average Bonchev–Trinajstić information content (AvgIpc) is 2.37. The Labute approximate surface area is 106 Å². The Hall–Kier alpha value is -2.22. The van der Waals surface area contributed by atoms with Gasteiger partial charge in [0.1, 0.15) is 5.75 Å². The lowest BCUT2D eigenvalue weighted by Crippen LogP contribution is -2.16. The van der Waals surface area contributed by atoms with E-state index in [0.717, 1.165) is 12.8 Å². The first-order chi connectivity index (χ1) is 8.67. The molecule has 96 valence electrons. The molecule has 18 heavy (non-hydrogen) atoms. The molecule has 0 aliphatic heterocycles. The molecular weight excluding hydrogens is 232 g/mol. The minimum Gasteiger partial charge on any atom is -0.480 e. The maximum absolute atomic E-state index is 11.3. The van der Waals surface area contributed by atoms with Gasteiger partial charge in [0.25, 0.3) is 0 Å². The fourth-order valence-electron chi connectivity index (χ4n) is 1.26. The lowest BCUT2D eigenvalue weighted by Gasteiger charge is -2.08. The van der Waals surface area contributed by atoms with Crippen molar-refractivity contribution in [3.63, 3.8) is 0 Å². The zero-order valence-electron chi connectivity index (χ0n) is 10.3. The molecule has 0 atom stereocenters. The first-order valence-electron chi connectivity index (χ1n) is 5.75. The number of unbranched alkanes of at least 4 members (excludes halogenated alkanes) is 1. The van der Waals surface area contributed by atoms with Crippen molar-refractivity contribution in [1.29, 1.82) is 5.26 Å². The molecule has 0 aliphatic carbocycles. The molecule has 0 amide bonds. The predicted molar refractivity (Wildman–Crippen MR) is 66.9 cm³/mol. The van der Waals surface area contributed by atoms with Gasteiger partial charge < -0.3 is 15.2 Å². The Balaban J connectivity index is 2.44. The van der Waals surface area contributed by atoms with Gasteiger partial charge in [-0.25, -0.2) is 4.79 Å². The number of nitrogens with zero attached hydrogens (tertiary/aromatic N) is 1. The molecule has 1 rings (SSSR count). The summed E-state index contributed by atoms with van der Waals surface area (Å²) in [7, 11) is 0. The van der Waals surface area contributed by atoms with E-state index in [2.05, 4.69) is 0 Å². The molecule has 0 aliphatic rings. The molecule has 0 saturated carbocycles. The Morgan fingerprint density at radius 3 is 2.89 bits per heavy atom. The van der Waals surface area contributed by atoms with Gasteiger partial charge >= 0.3 is 5.97 Å². The molecule has 5 heteroatoms. The number of benzene rings is 1. The molecule has 0 radical (unpaired) electrons. The van der Waals surface area contributed by atoms with E-state index in [1.54, 1.807) is 12.1 Å². The van der Waals surface area contributed by atoms with Crippen LogP contribution in [-0.4, -0.2) is 19.2 Å². The number of hydrogen-bond acceptors (Lipinski definition) is 5. The van der Waals surface area contributed by atoms with E-state index in [1.165, 1.54) is 6.07 Å². The molecule has 0 aromatic heterocycles. The molecule has 0 fully saturated rings. The quantitative estimate of drug-likeness (QED) is 0.472. The number of ether oxygens (including phenoxy) is 2. The van der Waals surface area contributed by atoms with Gasteiger partial charge in [-0.2, -0.15) is 5.26 Å².